The van der Waals surface area contributed by atoms with Gasteiger partial charge in [0.1, 0.15) is 0 Å². The molecule has 0 saturated heterocycles. The van der Waals surface area contributed by atoms with Crippen molar-refractivity contribution in [1.82, 2.24) is 4.90 Å². The minimum Gasteiger partial charge on any atom is -0.450 e. The molecule has 0 atom stereocenters. The number of carbonyl (C=O) groups excluding carboxylic acids is 1. The van der Waals surface area contributed by atoms with Crippen molar-refractivity contribution in [3.05, 3.63) is 59.7 Å². The van der Waals surface area contributed by atoms with E-state index in [0.717, 1.165) is 11.1 Å². The fraction of sp³-hybridized carbons (Fsp3) is 0.235. The van der Waals surface area contributed by atoms with Crippen LogP contribution in [0.4, 0.5) is 16.2 Å². The number of hydrogen-bond acceptors (Lipinski definition) is 4. The monoisotopic (exact) mass is 299 g/mol. The third-order valence-electron chi connectivity index (χ3n) is 3.23. The number of rotatable bonds is 5. The molecule has 0 bridgehead atoms. The summed E-state index contributed by atoms with van der Waals surface area (Å²) >= 11 is 0. The van der Waals surface area contributed by atoms with Gasteiger partial charge in [-0.3, -0.25) is 4.90 Å². The number of hydrogen-bond donors (Lipinski definition) is 2. The molecule has 0 aliphatic carbocycles. The molecule has 5 heteroatoms. The van der Waals surface area contributed by atoms with E-state index in [0.29, 0.717) is 31.1 Å². The van der Waals surface area contributed by atoms with Crippen LogP contribution in [0.2, 0.25) is 0 Å². The molecule has 0 radical (unpaired) electrons. The summed E-state index contributed by atoms with van der Waals surface area (Å²) in [6.45, 7) is 3.06. The average molecular weight is 299 g/mol. The molecule has 5 nitrogen and oxygen atoms in total. The quantitative estimate of drug-likeness (QED) is 0.831. The average Bonchev–Trinajstić information content (AvgIpc) is 2.51. The van der Waals surface area contributed by atoms with Gasteiger partial charge in [-0.05, 0) is 42.3 Å². The van der Waals surface area contributed by atoms with Crippen molar-refractivity contribution in [2.75, 3.05) is 18.1 Å². The highest BCUT2D eigenvalue weighted by atomic mass is 16.6. The molecule has 2 rings (SSSR count). The van der Waals surface area contributed by atoms with Crippen molar-refractivity contribution in [2.24, 2.45) is 0 Å². The van der Waals surface area contributed by atoms with Crippen LogP contribution in [0.1, 0.15) is 18.1 Å². The number of carbonyl (C=O) groups is 1. The van der Waals surface area contributed by atoms with Gasteiger partial charge in [-0.15, -0.1) is 0 Å². The maximum absolute atomic E-state index is 12.1. The van der Waals surface area contributed by atoms with Crippen LogP contribution in [-0.4, -0.2) is 17.6 Å². The van der Waals surface area contributed by atoms with E-state index in [2.05, 4.69) is 0 Å². The largest absolute Gasteiger partial charge is 0.450 e. The third kappa shape index (κ3) is 4.41. The van der Waals surface area contributed by atoms with Crippen molar-refractivity contribution in [1.29, 1.82) is 0 Å². The van der Waals surface area contributed by atoms with Gasteiger partial charge in [0.25, 0.3) is 0 Å². The fourth-order valence-corrected chi connectivity index (χ4v) is 2.09. The molecule has 0 saturated carbocycles. The summed E-state index contributed by atoms with van der Waals surface area (Å²) in [6, 6.07) is 14.9. The fourth-order valence-electron chi connectivity index (χ4n) is 2.09. The summed E-state index contributed by atoms with van der Waals surface area (Å²) in [4.78, 5) is 13.8. The summed E-state index contributed by atoms with van der Waals surface area (Å²) in [5, 5.41) is 0. The van der Waals surface area contributed by atoms with Crippen LogP contribution in [0.5, 0.6) is 0 Å². The van der Waals surface area contributed by atoms with Crippen LogP contribution in [0.25, 0.3) is 0 Å². The van der Waals surface area contributed by atoms with Gasteiger partial charge < -0.3 is 16.2 Å². The molecular weight excluding hydrogens is 278 g/mol. The highest BCUT2D eigenvalue weighted by Gasteiger charge is 2.15. The topological polar surface area (TPSA) is 81.6 Å². The normalized spacial score (nSPS) is 10.2. The second kappa shape index (κ2) is 7.36. The predicted molar refractivity (Wildman–Crippen MR) is 88.0 cm³/mol. The molecule has 4 N–H and O–H groups in total. The first-order valence-corrected chi connectivity index (χ1v) is 7.19. The van der Waals surface area contributed by atoms with E-state index < -0.39 is 0 Å². The number of ether oxygens (including phenoxy) is 1. The van der Waals surface area contributed by atoms with Crippen LogP contribution in [0.15, 0.2) is 48.5 Å². The molecule has 22 heavy (non-hydrogen) atoms. The van der Waals surface area contributed by atoms with Gasteiger partial charge in [0, 0.05) is 24.5 Å². The Balaban J connectivity index is 2.13. The molecular formula is C17H21N3O2. The first-order valence-electron chi connectivity index (χ1n) is 7.19. The van der Waals surface area contributed by atoms with Gasteiger partial charge >= 0.3 is 6.09 Å². The highest BCUT2D eigenvalue weighted by molar-refractivity contribution is 5.67. The van der Waals surface area contributed by atoms with E-state index in [9.17, 15) is 4.79 Å². The molecule has 0 aliphatic rings. The van der Waals surface area contributed by atoms with Crippen LogP contribution < -0.4 is 11.5 Å². The summed E-state index contributed by atoms with van der Waals surface area (Å²) in [7, 11) is 0. The Kier molecular flexibility index (Phi) is 5.25. The number of benzene rings is 2. The van der Waals surface area contributed by atoms with E-state index in [1.165, 1.54) is 0 Å². The lowest BCUT2D eigenvalue weighted by atomic mass is 10.1. The second-order valence-electron chi connectivity index (χ2n) is 5.04. The van der Waals surface area contributed by atoms with Gasteiger partial charge in [0.2, 0.25) is 0 Å². The number of amides is 1. The lowest BCUT2D eigenvalue weighted by Gasteiger charge is -2.22. The van der Waals surface area contributed by atoms with Crippen molar-refractivity contribution < 1.29 is 9.53 Å². The molecule has 0 aromatic heterocycles. The molecule has 1 amide bonds. The zero-order valence-electron chi connectivity index (χ0n) is 12.7. The van der Waals surface area contributed by atoms with E-state index in [1.54, 1.807) is 11.8 Å². The van der Waals surface area contributed by atoms with Gasteiger partial charge in [0.05, 0.1) is 6.61 Å². The Hall–Kier alpha value is -2.69. The predicted octanol–water partition coefficient (Wildman–Crippen LogP) is 3.01. The first kappa shape index (κ1) is 15.7. The Morgan fingerprint density at radius 1 is 0.909 bits per heavy atom. The maximum Gasteiger partial charge on any atom is 0.410 e. The third-order valence-corrected chi connectivity index (χ3v) is 3.23. The Morgan fingerprint density at radius 2 is 1.32 bits per heavy atom. The Morgan fingerprint density at radius 3 is 1.68 bits per heavy atom. The molecule has 0 spiro atoms. The Labute approximate surface area is 130 Å². The summed E-state index contributed by atoms with van der Waals surface area (Å²) < 4.78 is 5.13. The van der Waals surface area contributed by atoms with Crippen molar-refractivity contribution in [2.45, 2.75) is 20.0 Å². The van der Waals surface area contributed by atoms with Crippen molar-refractivity contribution >= 4 is 17.5 Å². The van der Waals surface area contributed by atoms with Crippen molar-refractivity contribution in [3.63, 3.8) is 0 Å². The maximum atomic E-state index is 12.1. The summed E-state index contributed by atoms with van der Waals surface area (Å²) in [5.74, 6) is 0. The molecule has 0 aliphatic heterocycles. The lowest BCUT2D eigenvalue weighted by Crippen LogP contribution is -2.30. The SMILES string of the molecule is CCOC(=O)N(Cc1ccc(N)cc1)Cc1ccc(N)cc1. The van der Waals surface area contributed by atoms with E-state index in [4.69, 9.17) is 16.2 Å². The smallest absolute Gasteiger partial charge is 0.410 e. The molecule has 2 aromatic rings. The van der Waals surface area contributed by atoms with E-state index >= 15 is 0 Å². The molecule has 0 heterocycles. The zero-order valence-corrected chi connectivity index (χ0v) is 12.7. The molecule has 0 unspecified atom stereocenters. The highest BCUT2D eigenvalue weighted by Crippen LogP contribution is 2.14. The standard InChI is InChI=1S/C17H21N3O2/c1-2-22-17(21)20(11-13-3-7-15(18)8-4-13)12-14-5-9-16(19)10-6-14/h3-10H,2,11-12,18-19H2,1H3. The zero-order chi connectivity index (χ0) is 15.9. The van der Waals surface area contributed by atoms with Crippen LogP contribution in [-0.2, 0) is 17.8 Å². The molecule has 0 fully saturated rings. The van der Waals surface area contributed by atoms with E-state index in [-0.39, 0.29) is 6.09 Å². The van der Waals surface area contributed by atoms with Gasteiger partial charge in [-0.1, -0.05) is 24.3 Å². The van der Waals surface area contributed by atoms with E-state index in [1.807, 2.05) is 48.5 Å². The Bertz CT molecular complexity index is 561. The number of nitrogen functional groups attached to an aromatic ring is 2. The number of anilines is 2. The van der Waals surface area contributed by atoms with Gasteiger partial charge in [0.15, 0.2) is 0 Å². The minimum absolute atomic E-state index is 0.337. The van der Waals surface area contributed by atoms with Crippen LogP contribution in [0.3, 0.4) is 0 Å². The minimum atomic E-state index is -0.337. The van der Waals surface area contributed by atoms with Crippen LogP contribution >= 0.6 is 0 Å². The van der Waals surface area contributed by atoms with Crippen molar-refractivity contribution in [3.8, 4) is 0 Å². The molecule has 2 aromatic carbocycles. The summed E-state index contributed by atoms with van der Waals surface area (Å²) in [5.41, 5.74) is 14.8. The van der Waals surface area contributed by atoms with Gasteiger partial charge in [-0.2, -0.15) is 0 Å². The molecule has 116 valence electrons. The van der Waals surface area contributed by atoms with Gasteiger partial charge in [-0.25, -0.2) is 4.79 Å². The second-order valence-corrected chi connectivity index (χ2v) is 5.04. The number of nitrogens with two attached hydrogens (primary N) is 2. The first-order chi connectivity index (χ1) is 10.6. The lowest BCUT2D eigenvalue weighted by molar-refractivity contribution is 0.102. The summed E-state index contributed by atoms with van der Waals surface area (Å²) in [6.07, 6.45) is -0.337. The number of nitrogens with zero attached hydrogens (tertiary/aromatic N) is 1. The van der Waals surface area contributed by atoms with Crippen LogP contribution in [0, 0.1) is 0 Å².